The molecule has 0 unspecified atom stereocenters. The van der Waals surface area contributed by atoms with Crippen molar-refractivity contribution < 1.29 is 21.6 Å². The molecular weight excluding hydrogens is 353 g/mol. The number of anilines is 1. The summed E-state index contributed by atoms with van der Waals surface area (Å²) in [5.41, 5.74) is -0.185. The Labute approximate surface area is 145 Å². The first-order chi connectivity index (χ1) is 11.6. The second kappa shape index (κ2) is 6.64. The van der Waals surface area contributed by atoms with Crippen LogP contribution in [0.2, 0.25) is 0 Å². The van der Waals surface area contributed by atoms with Crippen molar-refractivity contribution in [1.29, 1.82) is 0 Å². The van der Waals surface area contributed by atoms with E-state index in [0.717, 1.165) is 38.1 Å². The molecule has 0 atom stereocenters. The van der Waals surface area contributed by atoms with Crippen LogP contribution in [0.15, 0.2) is 40.9 Å². The number of benzene rings is 1. The predicted octanol–water partition coefficient (Wildman–Crippen LogP) is 3.76. The van der Waals surface area contributed by atoms with Crippen LogP contribution in [0.4, 0.5) is 18.9 Å². The Morgan fingerprint density at radius 1 is 1.20 bits per heavy atom. The molecule has 1 aliphatic heterocycles. The zero-order chi connectivity index (χ0) is 18.2. The molecule has 0 bridgehead atoms. The number of halogens is 3. The van der Waals surface area contributed by atoms with E-state index in [9.17, 15) is 21.6 Å². The lowest BCUT2D eigenvalue weighted by Crippen LogP contribution is -2.39. The van der Waals surface area contributed by atoms with Crippen molar-refractivity contribution in [2.45, 2.75) is 36.8 Å². The van der Waals surface area contributed by atoms with Gasteiger partial charge in [0.1, 0.15) is 0 Å². The summed E-state index contributed by atoms with van der Waals surface area (Å²) in [6.45, 7) is 0.336. The molecule has 0 spiro atoms. The maximum atomic E-state index is 13.2. The van der Waals surface area contributed by atoms with Gasteiger partial charge in [-0.2, -0.15) is 13.2 Å². The zero-order valence-corrected chi connectivity index (χ0v) is 14.8. The van der Waals surface area contributed by atoms with Crippen molar-refractivity contribution >= 4 is 15.5 Å². The van der Waals surface area contributed by atoms with Gasteiger partial charge in [-0.05, 0) is 37.0 Å². The monoisotopic (exact) mass is 374 g/mol. The van der Waals surface area contributed by atoms with E-state index < -0.39 is 21.6 Å². The minimum absolute atomic E-state index is 0.0969. The Morgan fingerprint density at radius 2 is 1.88 bits per heavy atom. The Balaban J connectivity index is 1.92. The summed E-state index contributed by atoms with van der Waals surface area (Å²) >= 11 is 0. The molecule has 1 saturated carbocycles. The highest BCUT2D eigenvalue weighted by Gasteiger charge is 2.40. The quantitative estimate of drug-likeness (QED) is 0.805. The van der Waals surface area contributed by atoms with Gasteiger partial charge in [0, 0.05) is 19.0 Å². The average Bonchev–Trinajstić information content (AvgIpc) is 3.16. The number of alkyl halides is 3. The maximum absolute atomic E-state index is 13.2. The minimum Gasteiger partial charge on any atom is -0.281 e. The van der Waals surface area contributed by atoms with Crippen LogP contribution in [-0.4, -0.2) is 38.9 Å². The van der Waals surface area contributed by atoms with E-state index >= 15 is 0 Å². The second-order valence-corrected chi connectivity index (χ2v) is 8.78. The van der Waals surface area contributed by atoms with E-state index in [1.807, 2.05) is 0 Å². The van der Waals surface area contributed by atoms with Gasteiger partial charge in [0.05, 0.1) is 22.7 Å². The predicted molar refractivity (Wildman–Crippen MR) is 89.7 cm³/mol. The standard InChI is InChI=1S/C17H21F3N2O2S/c1-25(23,24)16-8-4-7-15(9-16)22-12-14(17(18,19)20)11-21(22)10-13-5-2-3-6-13/h4,7-9,12-13H,2-3,5-6,10-11H2,1H3. The number of hydrogen-bond acceptors (Lipinski definition) is 4. The summed E-state index contributed by atoms with van der Waals surface area (Å²) in [6, 6.07) is 6.06. The molecule has 4 nitrogen and oxygen atoms in total. The fourth-order valence-corrected chi connectivity index (χ4v) is 4.10. The fourth-order valence-electron chi connectivity index (χ4n) is 3.44. The molecule has 25 heavy (non-hydrogen) atoms. The molecule has 1 fully saturated rings. The van der Waals surface area contributed by atoms with Crippen molar-refractivity contribution in [3.8, 4) is 0 Å². The molecule has 3 rings (SSSR count). The Kier molecular flexibility index (Phi) is 4.85. The van der Waals surface area contributed by atoms with Gasteiger partial charge < -0.3 is 0 Å². The van der Waals surface area contributed by atoms with E-state index in [2.05, 4.69) is 0 Å². The van der Waals surface area contributed by atoms with E-state index in [0.29, 0.717) is 18.2 Å². The van der Waals surface area contributed by atoms with E-state index in [-0.39, 0.29) is 11.4 Å². The van der Waals surface area contributed by atoms with Gasteiger partial charge >= 0.3 is 6.18 Å². The first-order valence-electron chi connectivity index (χ1n) is 8.27. The Bertz CT molecular complexity index is 768. The molecule has 1 aliphatic carbocycles. The van der Waals surface area contributed by atoms with Gasteiger partial charge in [0.2, 0.25) is 0 Å². The maximum Gasteiger partial charge on any atom is 0.415 e. The number of rotatable bonds is 4. The summed E-state index contributed by atoms with van der Waals surface area (Å²) < 4.78 is 63.1. The lowest BCUT2D eigenvalue weighted by atomic mass is 10.1. The van der Waals surface area contributed by atoms with Crippen LogP contribution < -0.4 is 5.01 Å². The van der Waals surface area contributed by atoms with E-state index in [4.69, 9.17) is 0 Å². The third-order valence-corrected chi connectivity index (χ3v) is 5.86. The van der Waals surface area contributed by atoms with Crippen LogP contribution in [0.1, 0.15) is 25.7 Å². The van der Waals surface area contributed by atoms with Crippen LogP contribution >= 0.6 is 0 Å². The summed E-state index contributed by atoms with van der Waals surface area (Å²) in [4.78, 5) is 0.0969. The average molecular weight is 374 g/mol. The Hall–Kier alpha value is -1.54. The SMILES string of the molecule is CS(=O)(=O)c1cccc(N2C=C(C(F)(F)F)CN2CC2CCCC2)c1. The smallest absolute Gasteiger partial charge is 0.281 e. The van der Waals surface area contributed by atoms with Gasteiger partial charge in [0.15, 0.2) is 9.84 Å². The summed E-state index contributed by atoms with van der Waals surface area (Å²) in [5.74, 6) is 0.376. The second-order valence-electron chi connectivity index (χ2n) is 6.76. The fraction of sp³-hybridized carbons (Fsp3) is 0.529. The topological polar surface area (TPSA) is 40.6 Å². The summed E-state index contributed by atoms with van der Waals surface area (Å²) in [5, 5.41) is 3.12. The highest BCUT2D eigenvalue weighted by molar-refractivity contribution is 7.90. The summed E-state index contributed by atoms with van der Waals surface area (Å²) in [7, 11) is -3.42. The van der Waals surface area contributed by atoms with E-state index in [1.54, 1.807) is 17.1 Å². The number of sulfone groups is 1. The van der Waals surface area contributed by atoms with Crippen molar-refractivity contribution in [2.75, 3.05) is 24.4 Å². The molecule has 1 aromatic carbocycles. The largest absolute Gasteiger partial charge is 0.415 e. The lowest BCUT2D eigenvalue weighted by Gasteiger charge is -2.31. The minimum atomic E-state index is -4.39. The molecule has 0 amide bonds. The first kappa shape index (κ1) is 18.3. The highest BCUT2D eigenvalue weighted by atomic mass is 32.2. The van der Waals surface area contributed by atoms with Crippen LogP contribution in [0, 0.1) is 5.92 Å². The highest BCUT2D eigenvalue weighted by Crippen LogP contribution is 2.36. The van der Waals surface area contributed by atoms with E-state index in [1.165, 1.54) is 17.1 Å². The normalized spacial score (nSPS) is 20.3. The lowest BCUT2D eigenvalue weighted by molar-refractivity contribution is -0.0936. The first-order valence-corrected chi connectivity index (χ1v) is 10.2. The van der Waals surface area contributed by atoms with Gasteiger partial charge in [0.25, 0.3) is 0 Å². The van der Waals surface area contributed by atoms with Gasteiger partial charge in [-0.25, -0.2) is 13.4 Å². The van der Waals surface area contributed by atoms with Crippen LogP contribution in [-0.2, 0) is 9.84 Å². The molecular formula is C17H21F3N2O2S. The van der Waals surface area contributed by atoms with Crippen molar-refractivity contribution in [3.63, 3.8) is 0 Å². The molecule has 1 heterocycles. The van der Waals surface area contributed by atoms with Crippen LogP contribution in [0.3, 0.4) is 0 Å². The third-order valence-electron chi connectivity index (χ3n) is 4.75. The van der Waals surface area contributed by atoms with Crippen LogP contribution in [0.25, 0.3) is 0 Å². The van der Waals surface area contributed by atoms with Gasteiger partial charge in [-0.15, -0.1) is 0 Å². The van der Waals surface area contributed by atoms with Gasteiger partial charge in [-0.3, -0.25) is 5.01 Å². The molecule has 8 heteroatoms. The Morgan fingerprint density at radius 3 is 2.48 bits per heavy atom. The molecule has 0 aromatic heterocycles. The van der Waals surface area contributed by atoms with Crippen molar-refractivity contribution in [3.05, 3.63) is 36.0 Å². The van der Waals surface area contributed by atoms with Crippen molar-refractivity contribution in [2.24, 2.45) is 5.92 Å². The molecule has 0 N–H and O–H groups in total. The van der Waals surface area contributed by atoms with Crippen LogP contribution in [0.5, 0.6) is 0 Å². The molecule has 138 valence electrons. The molecule has 0 saturated heterocycles. The summed E-state index contributed by atoms with van der Waals surface area (Å²) in [6.07, 6.45) is 2.05. The zero-order valence-electron chi connectivity index (χ0n) is 14.0. The van der Waals surface area contributed by atoms with Crippen molar-refractivity contribution in [1.82, 2.24) is 5.01 Å². The molecule has 1 aromatic rings. The number of nitrogens with zero attached hydrogens (tertiary/aromatic N) is 2. The number of hydrazine groups is 1. The molecule has 2 aliphatic rings. The number of hydrogen-bond donors (Lipinski definition) is 0. The third kappa shape index (κ3) is 4.17. The van der Waals surface area contributed by atoms with Gasteiger partial charge in [-0.1, -0.05) is 18.9 Å². The molecule has 0 radical (unpaired) electrons.